The van der Waals surface area contributed by atoms with Crippen LogP contribution in [0.15, 0.2) is 29.8 Å². The van der Waals surface area contributed by atoms with Crippen molar-refractivity contribution in [2.24, 2.45) is 17.1 Å². The van der Waals surface area contributed by atoms with Crippen molar-refractivity contribution in [3.05, 3.63) is 41.0 Å². The number of nitrogens with two attached hydrogens (primary N) is 1. The Morgan fingerprint density at radius 3 is 2.45 bits per heavy atom. The Hall–Kier alpha value is -2.62. The Morgan fingerprint density at radius 2 is 1.87 bits per heavy atom. The van der Waals surface area contributed by atoms with Crippen molar-refractivity contribution in [3.8, 4) is 10.4 Å². The first-order valence-corrected chi connectivity index (χ1v) is 14.3. The number of hydrogen-bond acceptors (Lipinski definition) is 7. The number of nitrogens with zero attached hydrogens (tertiary/aromatic N) is 2. The Balaban J connectivity index is 1.70. The molecular formula is C29H42N4O4S. The van der Waals surface area contributed by atoms with Gasteiger partial charge in [0.05, 0.1) is 28.2 Å². The van der Waals surface area contributed by atoms with Gasteiger partial charge in [0.15, 0.2) is 0 Å². The van der Waals surface area contributed by atoms with Gasteiger partial charge >= 0.3 is 0 Å². The average Bonchev–Trinajstić information content (AvgIpc) is 3.46. The van der Waals surface area contributed by atoms with Crippen LogP contribution >= 0.6 is 11.3 Å². The Morgan fingerprint density at radius 1 is 1.18 bits per heavy atom. The van der Waals surface area contributed by atoms with E-state index in [4.69, 9.17) is 5.73 Å². The minimum atomic E-state index is -0.874. The molecule has 208 valence electrons. The molecule has 1 aliphatic rings. The molecule has 4 N–H and O–H groups in total. The molecule has 0 aliphatic carbocycles. The van der Waals surface area contributed by atoms with Crippen LogP contribution in [0.2, 0.25) is 0 Å². The molecule has 1 aliphatic heterocycles. The van der Waals surface area contributed by atoms with Gasteiger partial charge in [-0.25, -0.2) is 4.98 Å². The lowest BCUT2D eigenvalue weighted by Gasteiger charge is -2.34. The smallest absolute Gasteiger partial charge is 0.243 e. The van der Waals surface area contributed by atoms with E-state index in [0.717, 1.165) is 34.5 Å². The van der Waals surface area contributed by atoms with Crippen LogP contribution in [-0.2, 0) is 14.4 Å². The summed E-state index contributed by atoms with van der Waals surface area (Å²) in [6.07, 6.45) is 2.00. The van der Waals surface area contributed by atoms with Crippen molar-refractivity contribution >= 4 is 28.9 Å². The summed E-state index contributed by atoms with van der Waals surface area (Å²) in [5, 5.41) is 13.4. The van der Waals surface area contributed by atoms with Gasteiger partial charge in [-0.15, -0.1) is 11.3 Å². The highest BCUT2D eigenvalue weighted by Gasteiger charge is 2.46. The number of aliphatic hydroxyl groups excluding tert-OH is 1. The fourth-order valence-corrected chi connectivity index (χ4v) is 5.93. The van der Waals surface area contributed by atoms with Crippen LogP contribution < -0.4 is 11.1 Å². The molecule has 1 aromatic heterocycles. The normalized spacial score (nSPS) is 19.3. The van der Waals surface area contributed by atoms with Crippen LogP contribution in [0, 0.1) is 18.3 Å². The highest BCUT2D eigenvalue weighted by Crippen LogP contribution is 2.33. The molecule has 0 saturated carbocycles. The van der Waals surface area contributed by atoms with E-state index < -0.39 is 23.5 Å². The fourth-order valence-electron chi connectivity index (χ4n) is 5.12. The first-order chi connectivity index (χ1) is 17.9. The summed E-state index contributed by atoms with van der Waals surface area (Å²) >= 11 is 1.59. The van der Waals surface area contributed by atoms with Gasteiger partial charge in [-0.1, -0.05) is 51.5 Å². The summed E-state index contributed by atoms with van der Waals surface area (Å²) in [6.45, 7) is 10.1. The molecule has 0 spiro atoms. The first kappa shape index (κ1) is 29.9. The second-order valence-corrected chi connectivity index (χ2v) is 12.2. The lowest BCUT2D eigenvalue weighted by Crippen LogP contribution is -2.51. The number of amides is 2. The largest absolute Gasteiger partial charge is 0.391 e. The molecule has 0 bridgehead atoms. The van der Waals surface area contributed by atoms with Gasteiger partial charge in [0, 0.05) is 19.4 Å². The second kappa shape index (κ2) is 13.0. The van der Waals surface area contributed by atoms with Crippen molar-refractivity contribution in [1.82, 2.24) is 15.2 Å². The first-order valence-electron chi connectivity index (χ1n) is 13.5. The predicted molar refractivity (Wildman–Crippen MR) is 150 cm³/mol. The SMILES string of the molecule is Cc1ncsc1-c1ccc([C@H](C)NC(=O)[C@@H]2C[C@@H](O)CN2C(=O)C(C(=O)CCCCCN)C(C)(C)C)cc1. The van der Waals surface area contributed by atoms with Gasteiger partial charge in [-0.05, 0) is 49.8 Å². The number of hydrogen-bond donors (Lipinski definition) is 3. The molecule has 2 amide bonds. The van der Waals surface area contributed by atoms with Crippen LogP contribution in [0.25, 0.3) is 10.4 Å². The molecule has 1 unspecified atom stereocenters. The third kappa shape index (κ3) is 7.27. The zero-order valence-electron chi connectivity index (χ0n) is 23.2. The zero-order valence-corrected chi connectivity index (χ0v) is 24.0. The Kier molecular flexibility index (Phi) is 10.2. The number of β-amino-alcohol motifs (C(OH)–C–C–N with tert-alkyl or cyclic N) is 1. The molecule has 2 heterocycles. The zero-order chi connectivity index (χ0) is 28.0. The number of aliphatic hydroxyl groups is 1. The van der Waals surface area contributed by atoms with Crippen molar-refractivity contribution in [2.45, 2.75) is 84.9 Å². The molecular weight excluding hydrogens is 500 g/mol. The standard InChI is InChI=1S/C29H42N4O4S/c1-18(20-10-12-21(13-11-20)26-19(2)31-17-38-26)32-27(36)23-15-22(34)16-33(23)28(37)25(29(3,4)5)24(35)9-7-6-8-14-30/h10-13,17-18,22-23,25,34H,6-9,14-16,30H2,1-5H3,(H,32,36)/t18-,22+,23-,25?/m0/s1. The van der Waals surface area contributed by atoms with Gasteiger partial charge in [0.25, 0.3) is 0 Å². The van der Waals surface area contributed by atoms with Crippen molar-refractivity contribution in [1.29, 1.82) is 0 Å². The number of unbranched alkanes of at least 4 members (excludes halogenated alkanes) is 2. The van der Waals surface area contributed by atoms with E-state index in [1.807, 2.05) is 64.4 Å². The summed E-state index contributed by atoms with van der Waals surface area (Å²) in [7, 11) is 0. The van der Waals surface area contributed by atoms with E-state index >= 15 is 0 Å². The van der Waals surface area contributed by atoms with Gasteiger partial charge < -0.3 is 21.1 Å². The Labute approximate surface area is 230 Å². The molecule has 1 saturated heterocycles. The number of nitrogens with one attached hydrogen (secondary N) is 1. The lowest BCUT2D eigenvalue weighted by atomic mass is 9.76. The molecule has 3 rings (SSSR count). The number of benzene rings is 1. The minimum absolute atomic E-state index is 0.0429. The molecule has 1 aromatic carbocycles. The van der Waals surface area contributed by atoms with Crippen LogP contribution in [0.3, 0.4) is 0 Å². The molecule has 9 heteroatoms. The predicted octanol–water partition coefficient (Wildman–Crippen LogP) is 4.01. The number of carbonyl (C=O) groups excluding carboxylic acids is 3. The topological polar surface area (TPSA) is 126 Å². The van der Waals surface area contributed by atoms with E-state index in [9.17, 15) is 19.5 Å². The van der Waals surface area contributed by atoms with Crippen LogP contribution in [-0.4, -0.2) is 57.8 Å². The highest BCUT2D eigenvalue weighted by atomic mass is 32.1. The highest BCUT2D eigenvalue weighted by molar-refractivity contribution is 7.13. The molecule has 2 aromatic rings. The van der Waals surface area contributed by atoms with Crippen LogP contribution in [0.5, 0.6) is 0 Å². The number of likely N-dealkylation sites (tertiary alicyclic amines) is 1. The van der Waals surface area contributed by atoms with Gasteiger partial charge in [-0.3, -0.25) is 14.4 Å². The maximum absolute atomic E-state index is 13.7. The van der Waals surface area contributed by atoms with E-state index in [1.54, 1.807) is 11.3 Å². The lowest BCUT2D eigenvalue weighted by molar-refractivity contribution is -0.149. The number of aryl methyl sites for hydroxylation is 1. The van der Waals surface area contributed by atoms with Crippen molar-refractivity contribution < 1.29 is 19.5 Å². The molecule has 4 atom stereocenters. The molecule has 1 fully saturated rings. The van der Waals surface area contributed by atoms with Crippen LogP contribution in [0.1, 0.15) is 77.1 Å². The number of rotatable bonds is 11. The summed E-state index contributed by atoms with van der Waals surface area (Å²) in [5.74, 6) is -1.70. The average molecular weight is 543 g/mol. The maximum atomic E-state index is 13.7. The second-order valence-electron chi connectivity index (χ2n) is 11.4. The van der Waals surface area contributed by atoms with E-state index in [2.05, 4.69) is 10.3 Å². The van der Waals surface area contributed by atoms with Gasteiger partial charge in [-0.2, -0.15) is 0 Å². The number of aromatic nitrogens is 1. The fraction of sp³-hybridized carbons (Fsp3) is 0.586. The summed E-state index contributed by atoms with van der Waals surface area (Å²) in [6, 6.07) is 6.86. The summed E-state index contributed by atoms with van der Waals surface area (Å²) in [5.41, 5.74) is 9.76. The van der Waals surface area contributed by atoms with Crippen LogP contribution in [0.4, 0.5) is 0 Å². The maximum Gasteiger partial charge on any atom is 0.243 e. The third-order valence-electron chi connectivity index (χ3n) is 7.20. The van der Waals surface area contributed by atoms with Gasteiger partial charge in [0.2, 0.25) is 11.8 Å². The van der Waals surface area contributed by atoms with E-state index in [-0.39, 0.29) is 36.6 Å². The molecule has 38 heavy (non-hydrogen) atoms. The molecule has 0 radical (unpaired) electrons. The number of ketones is 1. The third-order valence-corrected chi connectivity index (χ3v) is 8.18. The molecule has 8 nitrogen and oxygen atoms in total. The number of thiazole rings is 1. The van der Waals surface area contributed by atoms with Gasteiger partial charge in [0.1, 0.15) is 17.7 Å². The minimum Gasteiger partial charge on any atom is -0.391 e. The quantitative estimate of drug-likeness (QED) is 0.291. The van der Waals surface area contributed by atoms with Crippen molar-refractivity contribution in [2.75, 3.05) is 13.1 Å². The summed E-state index contributed by atoms with van der Waals surface area (Å²) < 4.78 is 0. The Bertz CT molecular complexity index is 1110. The van der Waals surface area contributed by atoms with E-state index in [1.165, 1.54) is 4.90 Å². The summed E-state index contributed by atoms with van der Waals surface area (Å²) in [4.78, 5) is 47.1. The van der Waals surface area contributed by atoms with Crippen molar-refractivity contribution in [3.63, 3.8) is 0 Å². The van der Waals surface area contributed by atoms with E-state index in [0.29, 0.717) is 19.4 Å². The number of carbonyl (C=O) groups is 3. The number of Topliss-reactive ketones (excluding diaryl/α,β-unsaturated/α-hetero) is 1. The monoisotopic (exact) mass is 542 g/mol.